The van der Waals surface area contributed by atoms with Crippen LogP contribution in [-0.2, 0) is 25.7 Å². The molecule has 0 saturated carbocycles. The van der Waals surface area contributed by atoms with Gasteiger partial charge in [0, 0.05) is 0 Å². The summed E-state index contributed by atoms with van der Waals surface area (Å²) in [6.07, 6.45) is 0.0686. The molecule has 0 saturated heterocycles. The van der Waals surface area contributed by atoms with Gasteiger partial charge in [-0.3, -0.25) is 9.59 Å². The lowest BCUT2D eigenvalue weighted by atomic mass is 9.93. The van der Waals surface area contributed by atoms with Crippen LogP contribution in [0.4, 0.5) is 0 Å². The molecule has 0 radical (unpaired) electrons. The van der Waals surface area contributed by atoms with Gasteiger partial charge >= 0.3 is 11.9 Å². The second kappa shape index (κ2) is 8.35. The monoisotopic (exact) mass is 278 g/mol. The maximum Gasteiger partial charge on any atom is 0.310 e. The first-order valence-electron chi connectivity index (χ1n) is 6.90. The average molecular weight is 278 g/mol. The van der Waals surface area contributed by atoms with Crippen LogP contribution in [0, 0.1) is 11.8 Å². The van der Waals surface area contributed by atoms with Crippen molar-refractivity contribution in [3.8, 4) is 0 Å². The Labute approximate surface area is 120 Å². The van der Waals surface area contributed by atoms with Gasteiger partial charge in [0.2, 0.25) is 0 Å². The summed E-state index contributed by atoms with van der Waals surface area (Å²) in [5.41, 5.74) is 0.930. The van der Waals surface area contributed by atoms with E-state index in [1.54, 1.807) is 6.92 Å². The highest BCUT2D eigenvalue weighted by Gasteiger charge is 2.27. The molecule has 1 aromatic rings. The fraction of sp³-hybridized carbons (Fsp3) is 0.500. The summed E-state index contributed by atoms with van der Waals surface area (Å²) >= 11 is 0. The van der Waals surface area contributed by atoms with Crippen LogP contribution in [0.3, 0.4) is 0 Å². The summed E-state index contributed by atoms with van der Waals surface area (Å²) < 4.78 is 10.2. The van der Waals surface area contributed by atoms with E-state index in [4.69, 9.17) is 9.47 Å². The molecule has 0 aliphatic heterocycles. The maximum atomic E-state index is 12.1. The zero-order valence-electron chi connectivity index (χ0n) is 12.3. The maximum absolute atomic E-state index is 12.1. The molecular weight excluding hydrogens is 256 g/mol. The van der Waals surface area contributed by atoms with Crippen molar-refractivity contribution < 1.29 is 19.1 Å². The lowest BCUT2D eigenvalue weighted by molar-refractivity contribution is -0.157. The molecule has 20 heavy (non-hydrogen) atoms. The van der Waals surface area contributed by atoms with E-state index >= 15 is 0 Å². The minimum atomic E-state index is -0.460. The van der Waals surface area contributed by atoms with E-state index in [0.29, 0.717) is 6.61 Å². The van der Waals surface area contributed by atoms with Crippen molar-refractivity contribution in [1.29, 1.82) is 0 Å². The van der Waals surface area contributed by atoms with Crippen LogP contribution in [0.15, 0.2) is 30.3 Å². The summed E-state index contributed by atoms with van der Waals surface area (Å²) in [6, 6.07) is 9.47. The first kappa shape index (κ1) is 16.2. The van der Waals surface area contributed by atoms with Crippen LogP contribution in [0.2, 0.25) is 0 Å². The largest absolute Gasteiger partial charge is 0.466 e. The van der Waals surface area contributed by atoms with Gasteiger partial charge in [0.25, 0.3) is 0 Å². The molecule has 4 nitrogen and oxygen atoms in total. The summed E-state index contributed by atoms with van der Waals surface area (Å²) in [4.78, 5) is 23.6. The molecule has 1 rings (SSSR count). The molecule has 0 heterocycles. The van der Waals surface area contributed by atoms with E-state index in [1.165, 1.54) is 0 Å². The number of carbonyl (C=O) groups excluding carboxylic acids is 2. The molecule has 4 heteroatoms. The molecule has 1 atom stereocenters. The van der Waals surface area contributed by atoms with Crippen molar-refractivity contribution in [3.63, 3.8) is 0 Å². The predicted octanol–water partition coefficient (Wildman–Crippen LogP) is 2.96. The Balaban J connectivity index is 2.54. The highest BCUT2D eigenvalue weighted by molar-refractivity contribution is 5.80. The van der Waals surface area contributed by atoms with Crippen LogP contribution >= 0.6 is 0 Å². The first-order valence-corrected chi connectivity index (χ1v) is 6.90. The van der Waals surface area contributed by atoms with Gasteiger partial charge in [-0.05, 0) is 18.4 Å². The molecular formula is C16H22O4. The Hall–Kier alpha value is -1.84. The van der Waals surface area contributed by atoms with Gasteiger partial charge in [0.05, 0.1) is 18.9 Å². The number of hydrogen-bond donors (Lipinski definition) is 0. The van der Waals surface area contributed by atoms with E-state index in [9.17, 15) is 9.59 Å². The first-order chi connectivity index (χ1) is 9.54. The normalized spacial score (nSPS) is 12.0. The van der Waals surface area contributed by atoms with E-state index < -0.39 is 5.92 Å². The third-order valence-electron chi connectivity index (χ3n) is 3.02. The standard InChI is InChI=1S/C16H22O4/c1-4-19-15(17)10-14(12(2)3)16(18)20-11-13-8-6-5-7-9-13/h5-9,12,14H,4,10-11H2,1-3H3. The van der Waals surface area contributed by atoms with Crippen LogP contribution in [0.1, 0.15) is 32.8 Å². The third-order valence-corrected chi connectivity index (χ3v) is 3.02. The number of ether oxygens (including phenoxy) is 2. The second-order valence-electron chi connectivity index (χ2n) is 4.95. The van der Waals surface area contributed by atoms with Gasteiger partial charge in [-0.15, -0.1) is 0 Å². The zero-order valence-corrected chi connectivity index (χ0v) is 12.3. The summed E-state index contributed by atoms with van der Waals surface area (Å²) in [5, 5.41) is 0. The lowest BCUT2D eigenvalue weighted by Gasteiger charge is -2.18. The second-order valence-corrected chi connectivity index (χ2v) is 4.95. The van der Waals surface area contributed by atoms with E-state index in [0.717, 1.165) is 5.56 Å². The van der Waals surface area contributed by atoms with Gasteiger partial charge in [0.1, 0.15) is 6.61 Å². The minimum Gasteiger partial charge on any atom is -0.466 e. The van der Waals surface area contributed by atoms with Crippen LogP contribution in [0.5, 0.6) is 0 Å². The molecule has 0 spiro atoms. The highest BCUT2D eigenvalue weighted by Crippen LogP contribution is 2.18. The molecule has 0 aromatic heterocycles. The van der Waals surface area contributed by atoms with E-state index in [-0.39, 0.29) is 30.9 Å². The molecule has 0 aliphatic carbocycles. The van der Waals surface area contributed by atoms with Crippen molar-refractivity contribution in [3.05, 3.63) is 35.9 Å². The average Bonchev–Trinajstić information content (AvgIpc) is 2.43. The van der Waals surface area contributed by atoms with Crippen LogP contribution in [-0.4, -0.2) is 18.5 Å². The van der Waals surface area contributed by atoms with Crippen molar-refractivity contribution in [2.24, 2.45) is 11.8 Å². The number of benzene rings is 1. The summed E-state index contributed by atoms with van der Waals surface area (Å²) in [5.74, 6) is -1.14. The SMILES string of the molecule is CCOC(=O)CC(C(=O)OCc1ccccc1)C(C)C. The molecule has 0 fully saturated rings. The van der Waals surface area contributed by atoms with Crippen molar-refractivity contribution in [2.75, 3.05) is 6.61 Å². The molecule has 110 valence electrons. The fourth-order valence-corrected chi connectivity index (χ4v) is 1.83. The number of carbonyl (C=O) groups is 2. The van der Waals surface area contributed by atoms with Crippen molar-refractivity contribution in [1.82, 2.24) is 0 Å². The van der Waals surface area contributed by atoms with Gasteiger partial charge < -0.3 is 9.47 Å². The van der Waals surface area contributed by atoms with Crippen LogP contribution < -0.4 is 0 Å². The molecule has 0 aliphatic rings. The van der Waals surface area contributed by atoms with Crippen molar-refractivity contribution in [2.45, 2.75) is 33.8 Å². The van der Waals surface area contributed by atoms with Gasteiger partial charge in [-0.2, -0.15) is 0 Å². The highest BCUT2D eigenvalue weighted by atomic mass is 16.5. The Morgan fingerprint density at radius 1 is 1.10 bits per heavy atom. The minimum absolute atomic E-state index is 0.0303. The Kier molecular flexibility index (Phi) is 6.77. The smallest absolute Gasteiger partial charge is 0.310 e. The number of hydrogen-bond acceptors (Lipinski definition) is 4. The number of esters is 2. The van der Waals surface area contributed by atoms with Gasteiger partial charge in [-0.25, -0.2) is 0 Å². The molecule has 0 N–H and O–H groups in total. The Bertz CT molecular complexity index is 425. The van der Waals surface area contributed by atoms with Crippen molar-refractivity contribution >= 4 is 11.9 Å². The quantitative estimate of drug-likeness (QED) is 0.720. The van der Waals surface area contributed by atoms with Gasteiger partial charge in [-0.1, -0.05) is 44.2 Å². The van der Waals surface area contributed by atoms with E-state index in [2.05, 4.69) is 0 Å². The zero-order chi connectivity index (χ0) is 15.0. The molecule has 0 amide bonds. The fourth-order valence-electron chi connectivity index (χ4n) is 1.83. The summed E-state index contributed by atoms with van der Waals surface area (Å²) in [6.45, 7) is 6.09. The topological polar surface area (TPSA) is 52.6 Å². The van der Waals surface area contributed by atoms with Gasteiger partial charge in [0.15, 0.2) is 0 Å². The number of rotatable bonds is 7. The molecule has 1 unspecified atom stereocenters. The molecule has 0 bridgehead atoms. The lowest BCUT2D eigenvalue weighted by Crippen LogP contribution is -2.26. The Morgan fingerprint density at radius 3 is 2.30 bits per heavy atom. The van der Waals surface area contributed by atoms with Crippen LogP contribution in [0.25, 0.3) is 0 Å². The third kappa shape index (κ3) is 5.43. The Morgan fingerprint density at radius 2 is 1.75 bits per heavy atom. The predicted molar refractivity (Wildman–Crippen MR) is 75.8 cm³/mol. The molecule has 1 aromatic carbocycles. The summed E-state index contributed by atoms with van der Waals surface area (Å²) in [7, 11) is 0. The van der Waals surface area contributed by atoms with E-state index in [1.807, 2.05) is 44.2 Å².